The van der Waals surface area contributed by atoms with Crippen molar-refractivity contribution in [3.05, 3.63) is 42.1 Å². The monoisotopic (exact) mass is 281 g/mol. The zero-order chi connectivity index (χ0) is 14.2. The van der Waals surface area contributed by atoms with E-state index in [4.69, 9.17) is 0 Å². The van der Waals surface area contributed by atoms with Crippen LogP contribution in [-0.2, 0) is 0 Å². The summed E-state index contributed by atoms with van der Waals surface area (Å²) in [4.78, 5) is 19.5. The molecule has 108 valence electrons. The summed E-state index contributed by atoms with van der Waals surface area (Å²) in [6.45, 7) is 2.85. The number of nitrogens with zero attached hydrogens (tertiary/aromatic N) is 2. The molecule has 1 aromatic carbocycles. The summed E-state index contributed by atoms with van der Waals surface area (Å²) in [5.74, 6) is 0.780. The maximum atomic E-state index is 13.0. The maximum Gasteiger partial charge on any atom is 0.254 e. The standard InChI is InChI=1S/C17H19N3O/c21-17(20-9-3-4-12-10-18-11-16(12)20)14-7-8-19-15-6-2-1-5-13(14)15/h1-2,5-8,12,16,18H,3-4,9-11H2. The molecular weight excluding hydrogens is 262 g/mol. The third kappa shape index (κ3) is 2.10. The highest BCUT2D eigenvalue weighted by Crippen LogP contribution is 2.29. The number of benzene rings is 1. The summed E-state index contributed by atoms with van der Waals surface area (Å²) >= 11 is 0. The number of carbonyl (C=O) groups excluding carboxylic acids is 1. The van der Waals surface area contributed by atoms with Gasteiger partial charge in [0.1, 0.15) is 0 Å². The molecule has 1 amide bonds. The number of likely N-dealkylation sites (tertiary alicyclic amines) is 1. The molecule has 2 aliphatic rings. The number of amides is 1. The molecule has 4 nitrogen and oxygen atoms in total. The minimum Gasteiger partial charge on any atom is -0.334 e. The van der Waals surface area contributed by atoms with Crippen molar-refractivity contribution in [1.82, 2.24) is 15.2 Å². The quantitative estimate of drug-likeness (QED) is 0.870. The highest BCUT2D eigenvalue weighted by Gasteiger charge is 2.37. The first-order chi connectivity index (χ1) is 10.3. The van der Waals surface area contributed by atoms with Crippen molar-refractivity contribution >= 4 is 16.8 Å². The summed E-state index contributed by atoms with van der Waals surface area (Å²) in [5.41, 5.74) is 1.68. The first-order valence-corrected chi connectivity index (χ1v) is 7.70. The van der Waals surface area contributed by atoms with Crippen LogP contribution in [0.4, 0.5) is 0 Å². The van der Waals surface area contributed by atoms with Gasteiger partial charge in [-0.05, 0) is 30.9 Å². The Kier molecular flexibility index (Phi) is 3.11. The van der Waals surface area contributed by atoms with Gasteiger partial charge in [0.25, 0.3) is 5.91 Å². The Morgan fingerprint density at radius 2 is 2.14 bits per heavy atom. The van der Waals surface area contributed by atoms with E-state index in [1.807, 2.05) is 30.3 Å². The van der Waals surface area contributed by atoms with Gasteiger partial charge in [-0.25, -0.2) is 0 Å². The lowest BCUT2D eigenvalue weighted by atomic mass is 9.91. The number of carbonyl (C=O) groups is 1. The van der Waals surface area contributed by atoms with Crippen molar-refractivity contribution in [3.8, 4) is 0 Å². The first kappa shape index (κ1) is 12.8. The molecule has 4 heteroatoms. The lowest BCUT2D eigenvalue weighted by Crippen LogP contribution is -2.48. The molecule has 1 N–H and O–H groups in total. The first-order valence-electron chi connectivity index (χ1n) is 7.70. The predicted octanol–water partition coefficient (Wildman–Crippen LogP) is 2.06. The zero-order valence-electron chi connectivity index (χ0n) is 12.0. The van der Waals surface area contributed by atoms with Crippen LogP contribution in [0.25, 0.3) is 10.9 Å². The Morgan fingerprint density at radius 1 is 1.24 bits per heavy atom. The fraction of sp³-hybridized carbons (Fsp3) is 0.412. The number of aromatic nitrogens is 1. The van der Waals surface area contributed by atoms with Gasteiger partial charge in [-0.15, -0.1) is 0 Å². The predicted molar refractivity (Wildman–Crippen MR) is 82.2 cm³/mol. The average molecular weight is 281 g/mol. The number of piperidine rings is 1. The van der Waals surface area contributed by atoms with Gasteiger partial charge in [-0.2, -0.15) is 0 Å². The van der Waals surface area contributed by atoms with Gasteiger partial charge in [-0.3, -0.25) is 9.78 Å². The number of hydrogen-bond acceptors (Lipinski definition) is 3. The van der Waals surface area contributed by atoms with Crippen LogP contribution < -0.4 is 5.32 Å². The van der Waals surface area contributed by atoms with E-state index in [9.17, 15) is 4.79 Å². The van der Waals surface area contributed by atoms with Crippen LogP contribution in [0, 0.1) is 5.92 Å². The summed E-state index contributed by atoms with van der Waals surface area (Å²) in [6, 6.07) is 10.1. The van der Waals surface area contributed by atoms with Gasteiger partial charge in [0, 0.05) is 37.3 Å². The third-order valence-corrected chi connectivity index (χ3v) is 4.82. The molecule has 3 heterocycles. The molecule has 4 rings (SSSR count). The highest BCUT2D eigenvalue weighted by atomic mass is 16.2. The fourth-order valence-electron chi connectivity index (χ4n) is 3.76. The van der Waals surface area contributed by atoms with Gasteiger partial charge >= 0.3 is 0 Å². The van der Waals surface area contributed by atoms with Crippen molar-refractivity contribution in [1.29, 1.82) is 0 Å². The van der Waals surface area contributed by atoms with Crippen LogP contribution >= 0.6 is 0 Å². The Morgan fingerprint density at radius 3 is 3.10 bits per heavy atom. The number of fused-ring (bicyclic) bond motifs is 2. The molecule has 0 saturated carbocycles. The molecule has 2 aliphatic heterocycles. The van der Waals surface area contributed by atoms with Crippen LogP contribution in [-0.4, -0.2) is 41.5 Å². The second-order valence-electron chi connectivity index (χ2n) is 6.00. The smallest absolute Gasteiger partial charge is 0.254 e. The van der Waals surface area contributed by atoms with Crippen molar-refractivity contribution in [2.45, 2.75) is 18.9 Å². The van der Waals surface area contributed by atoms with Crippen molar-refractivity contribution in [3.63, 3.8) is 0 Å². The van der Waals surface area contributed by atoms with Crippen LogP contribution in [0.5, 0.6) is 0 Å². The van der Waals surface area contributed by atoms with Gasteiger partial charge in [0.2, 0.25) is 0 Å². The summed E-state index contributed by atoms with van der Waals surface area (Å²) in [6.07, 6.45) is 4.08. The lowest BCUT2D eigenvalue weighted by molar-refractivity contribution is 0.0577. The van der Waals surface area contributed by atoms with Gasteiger partial charge in [-0.1, -0.05) is 18.2 Å². The topological polar surface area (TPSA) is 45.2 Å². The SMILES string of the molecule is O=C(c1ccnc2ccccc12)N1CCCC2CNCC21. The summed E-state index contributed by atoms with van der Waals surface area (Å²) in [7, 11) is 0. The molecule has 2 aromatic rings. The van der Waals surface area contributed by atoms with Gasteiger partial charge in [0.05, 0.1) is 11.1 Å². The van der Waals surface area contributed by atoms with Crippen molar-refractivity contribution in [2.24, 2.45) is 5.92 Å². The lowest BCUT2D eigenvalue weighted by Gasteiger charge is -2.37. The number of para-hydroxylation sites is 1. The van der Waals surface area contributed by atoms with E-state index in [-0.39, 0.29) is 5.91 Å². The number of rotatable bonds is 1. The van der Waals surface area contributed by atoms with Crippen LogP contribution in [0.2, 0.25) is 0 Å². The van der Waals surface area contributed by atoms with Crippen molar-refractivity contribution < 1.29 is 4.79 Å². The van der Waals surface area contributed by atoms with E-state index in [0.29, 0.717) is 12.0 Å². The average Bonchev–Trinajstić information content (AvgIpc) is 3.02. The minimum absolute atomic E-state index is 0.159. The Bertz CT molecular complexity index is 679. The highest BCUT2D eigenvalue weighted by molar-refractivity contribution is 6.06. The Hall–Kier alpha value is -1.94. The fourth-order valence-corrected chi connectivity index (χ4v) is 3.76. The molecule has 0 aliphatic carbocycles. The maximum absolute atomic E-state index is 13.0. The van der Waals surface area contributed by atoms with Crippen LogP contribution in [0.1, 0.15) is 23.2 Å². The molecule has 2 saturated heterocycles. The molecule has 21 heavy (non-hydrogen) atoms. The van der Waals surface area contributed by atoms with E-state index in [2.05, 4.69) is 15.2 Å². The Balaban J connectivity index is 1.73. The molecule has 0 radical (unpaired) electrons. The van der Waals surface area contributed by atoms with E-state index in [0.717, 1.165) is 42.5 Å². The Labute approximate surface area is 124 Å². The second kappa shape index (κ2) is 5.11. The minimum atomic E-state index is 0.159. The van der Waals surface area contributed by atoms with Crippen LogP contribution in [0.15, 0.2) is 36.5 Å². The molecule has 2 unspecified atom stereocenters. The summed E-state index contributed by atoms with van der Waals surface area (Å²) < 4.78 is 0. The summed E-state index contributed by atoms with van der Waals surface area (Å²) in [5, 5.41) is 4.39. The molecule has 2 atom stereocenters. The zero-order valence-corrected chi connectivity index (χ0v) is 12.0. The van der Waals surface area contributed by atoms with E-state index >= 15 is 0 Å². The molecule has 1 aromatic heterocycles. The number of nitrogens with one attached hydrogen (secondary N) is 1. The second-order valence-corrected chi connectivity index (χ2v) is 6.00. The molecule has 0 bridgehead atoms. The van der Waals surface area contributed by atoms with E-state index < -0.39 is 0 Å². The van der Waals surface area contributed by atoms with Gasteiger partial charge in [0.15, 0.2) is 0 Å². The molecule has 0 spiro atoms. The number of hydrogen-bond donors (Lipinski definition) is 1. The third-order valence-electron chi connectivity index (χ3n) is 4.82. The van der Waals surface area contributed by atoms with E-state index in [1.54, 1.807) is 6.20 Å². The molecular formula is C17H19N3O. The van der Waals surface area contributed by atoms with Crippen LogP contribution in [0.3, 0.4) is 0 Å². The van der Waals surface area contributed by atoms with Crippen molar-refractivity contribution in [2.75, 3.05) is 19.6 Å². The number of pyridine rings is 1. The largest absolute Gasteiger partial charge is 0.334 e. The van der Waals surface area contributed by atoms with E-state index in [1.165, 1.54) is 6.42 Å². The normalized spacial score (nSPS) is 25.0. The van der Waals surface area contributed by atoms with Gasteiger partial charge < -0.3 is 10.2 Å². The molecule has 2 fully saturated rings.